The molecule has 2 rings (SSSR count). The Kier molecular flexibility index (Phi) is 6.51. The fourth-order valence-corrected chi connectivity index (χ4v) is 3.21. The van der Waals surface area contributed by atoms with Crippen molar-refractivity contribution in [3.05, 3.63) is 39.5 Å². The minimum absolute atomic E-state index is 0.0855. The fourth-order valence-electron chi connectivity index (χ4n) is 2.87. The molecule has 1 heterocycles. The van der Waals surface area contributed by atoms with Gasteiger partial charge in [0.1, 0.15) is 6.10 Å². The maximum absolute atomic E-state index is 13.3. The van der Waals surface area contributed by atoms with E-state index in [1.165, 1.54) is 28.4 Å². The quantitative estimate of drug-likeness (QED) is 0.754. The lowest BCUT2D eigenvalue weighted by molar-refractivity contribution is -0.137. The van der Waals surface area contributed by atoms with Crippen LogP contribution in [0.4, 0.5) is 13.2 Å². The lowest BCUT2D eigenvalue weighted by Gasteiger charge is -2.24. The van der Waals surface area contributed by atoms with Crippen LogP contribution >= 0.6 is 11.6 Å². The maximum Gasteiger partial charge on any atom is 0.419 e. The molecule has 0 aliphatic carbocycles. The third-order valence-corrected chi connectivity index (χ3v) is 4.54. The van der Waals surface area contributed by atoms with Gasteiger partial charge in [0.05, 0.1) is 44.6 Å². The summed E-state index contributed by atoms with van der Waals surface area (Å²) in [5, 5.41) is 10.3. The second-order valence-corrected chi connectivity index (χ2v) is 6.06. The van der Waals surface area contributed by atoms with E-state index in [9.17, 15) is 18.3 Å². The molecule has 2 aromatic rings. The molecule has 0 spiro atoms. The number of aliphatic hydroxyl groups excluding tert-OH is 1. The molecular formula is C18H19ClF3NO5. The molecule has 0 radical (unpaired) electrons. The lowest BCUT2D eigenvalue weighted by Crippen LogP contribution is -2.14. The summed E-state index contributed by atoms with van der Waals surface area (Å²) in [4.78, 5) is 3.65. The number of hydrogen-bond donors (Lipinski definition) is 1. The van der Waals surface area contributed by atoms with E-state index in [1.54, 1.807) is 13.0 Å². The van der Waals surface area contributed by atoms with Gasteiger partial charge >= 0.3 is 6.18 Å². The molecule has 10 heteroatoms. The highest BCUT2D eigenvalue weighted by Crippen LogP contribution is 2.49. The molecule has 0 saturated carbocycles. The predicted molar refractivity (Wildman–Crippen MR) is 95.7 cm³/mol. The number of nitrogens with zero attached hydrogens (tertiary/aromatic N) is 1. The summed E-state index contributed by atoms with van der Waals surface area (Å²) in [7, 11) is 5.33. The number of hydrogen-bond acceptors (Lipinski definition) is 6. The van der Waals surface area contributed by atoms with Crippen LogP contribution in [0, 0.1) is 6.92 Å². The van der Waals surface area contributed by atoms with Crippen molar-refractivity contribution in [1.29, 1.82) is 0 Å². The van der Waals surface area contributed by atoms with E-state index in [-0.39, 0.29) is 28.5 Å². The number of halogens is 4. The summed E-state index contributed by atoms with van der Waals surface area (Å²) < 4.78 is 60.7. The molecule has 154 valence electrons. The molecule has 1 aromatic carbocycles. The van der Waals surface area contributed by atoms with E-state index in [0.29, 0.717) is 17.5 Å². The van der Waals surface area contributed by atoms with Crippen molar-refractivity contribution in [2.45, 2.75) is 19.2 Å². The van der Waals surface area contributed by atoms with Gasteiger partial charge in [0.2, 0.25) is 11.6 Å². The summed E-state index contributed by atoms with van der Waals surface area (Å²) >= 11 is 6.01. The monoisotopic (exact) mass is 421 g/mol. The van der Waals surface area contributed by atoms with Gasteiger partial charge in [0.25, 0.3) is 0 Å². The van der Waals surface area contributed by atoms with Crippen LogP contribution in [0.15, 0.2) is 12.3 Å². The Hall–Kier alpha value is -2.39. The molecule has 0 fully saturated rings. The number of rotatable bonds is 6. The van der Waals surface area contributed by atoms with Crippen molar-refractivity contribution in [3.63, 3.8) is 0 Å². The van der Waals surface area contributed by atoms with Gasteiger partial charge in [-0.2, -0.15) is 13.2 Å². The van der Waals surface area contributed by atoms with Crippen LogP contribution in [0.5, 0.6) is 23.1 Å². The van der Waals surface area contributed by atoms with Crippen molar-refractivity contribution < 1.29 is 37.2 Å². The lowest BCUT2D eigenvalue weighted by atomic mass is 9.95. The van der Waals surface area contributed by atoms with Gasteiger partial charge in [-0.1, -0.05) is 11.6 Å². The number of aryl methyl sites for hydroxylation is 1. The number of methoxy groups -OCH3 is 4. The van der Waals surface area contributed by atoms with Gasteiger partial charge in [0, 0.05) is 11.8 Å². The van der Waals surface area contributed by atoms with Crippen LogP contribution in [-0.4, -0.2) is 38.5 Å². The van der Waals surface area contributed by atoms with E-state index in [4.69, 9.17) is 30.5 Å². The summed E-state index contributed by atoms with van der Waals surface area (Å²) in [6.07, 6.45) is -5.86. The molecule has 6 nitrogen and oxygen atoms in total. The average Bonchev–Trinajstić information content (AvgIpc) is 2.64. The van der Waals surface area contributed by atoms with Gasteiger partial charge in [-0.05, 0) is 18.6 Å². The zero-order chi connectivity index (χ0) is 21.2. The number of benzene rings is 1. The largest absolute Gasteiger partial charge is 0.493 e. The molecule has 1 aromatic heterocycles. The predicted octanol–water partition coefficient (Wildman–Crippen LogP) is 4.18. The highest BCUT2D eigenvalue weighted by Gasteiger charge is 2.38. The third kappa shape index (κ3) is 3.77. The standard InChI is InChI=1S/C18H19ClF3NO5/c1-8-6-10(25-2)15(26-3)16(27-4)11(8)14(24)12-13(19)9(18(20,21)22)7-23-17(12)28-5/h6-7,14,24H,1-5H3. The maximum atomic E-state index is 13.3. The number of ether oxygens (including phenoxy) is 4. The first-order chi connectivity index (χ1) is 13.1. The molecule has 0 bridgehead atoms. The van der Waals surface area contributed by atoms with Crippen molar-refractivity contribution in [2.75, 3.05) is 28.4 Å². The van der Waals surface area contributed by atoms with Gasteiger partial charge in [-0.3, -0.25) is 0 Å². The number of pyridine rings is 1. The average molecular weight is 422 g/mol. The van der Waals surface area contributed by atoms with Crippen molar-refractivity contribution >= 4 is 11.6 Å². The van der Waals surface area contributed by atoms with E-state index < -0.39 is 22.9 Å². The normalized spacial score (nSPS) is 12.5. The Bertz CT molecular complexity index is 874. The second kappa shape index (κ2) is 8.32. The van der Waals surface area contributed by atoms with Crippen LogP contribution < -0.4 is 18.9 Å². The summed E-state index contributed by atoms with van der Waals surface area (Å²) in [6, 6.07) is 1.56. The van der Waals surface area contributed by atoms with E-state index in [0.717, 1.165) is 0 Å². The minimum atomic E-state index is -4.76. The Morgan fingerprint density at radius 1 is 1.00 bits per heavy atom. The van der Waals surface area contributed by atoms with Crippen LogP contribution in [0.3, 0.4) is 0 Å². The van der Waals surface area contributed by atoms with Crippen LogP contribution in [0.25, 0.3) is 0 Å². The SMILES string of the molecule is COc1cc(C)c(C(O)c2c(OC)ncc(C(F)(F)F)c2Cl)c(OC)c1OC. The first kappa shape index (κ1) is 21.9. The second-order valence-electron chi connectivity index (χ2n) is 5.69. The Balaban J connectivity index is 2.82. The zero-order valence-corrected chi connectivity index (χ0v) is 16.5. The fraction of sp³-hybridized carbons (Fsp3) is 0.389. The summed E-state index contributed by atoms with van der Waals surface area (Å²) in [5.41, 5.74) is -0.923. The molecule has 1 N–H and O–H groups in total. The van der Waals surface area contributed by atoms with E-state index >= 15 is 0 Å². The molecule has 0 aliphatic rings. The number of aromatic nitrogens is 1. The molecule has 1 atom stereocenters. The van der Waals surface area contributed by atoms with Gasteiger partial charge in [-0.15, -0.1) is 0 Å². The van der Waals surface area contributed by atoms with Crippen LogP contribution in [0.1, 0.15) is 28.4 Å². The van der Waals surface area contributed by atoms with Crippen molar-refractivity contribution in [3.8, 4) is 23.1 Å². The van der Waals surface area contributed by atoms with Crippen molar-refractivity contribution in [1.82, 2.24) is 4.98 Å². The first-order valence-electron chi connectivity index (χ1n) is 7.89. The minimum Gasteiger partial charge on any atom is -0.493 e. The third-order valence-electron chi connectivity index (χ3n) is 4.14. The van der Waals surface area contributed by atoms with Gasteiger partial charge in [-0.25, -0.2) is 4.98 Å². The molecule has 0 saturated heterocycles. The van der Waals surface area contributed by atoms with Crippen molar-refractivity contribution in [2.24, 2.45) is 0 Å². The van der Waals surface area contributed by atoms with Gasteiger partial charge in [0.15, 0.2) is 11.5 Å². The summed E-state index contributed by atoms with van der Waals surface area (Å²) in [5.74, 6) is 0.330. The molecule has 0 aliphatic heterocycles. The zero-order valence-electron chi connectivity index (χ0n) is 15.8. The first-order valence-corrected chi connectivity index (χ1v) is 8.27. The Morgan fingerprint density at radius 2 is 1.61 bits per heavy atom. The summed E-state index contributed by atoms with van der Waals surface area (Å²) in [6.45, 7) is 1.63. The molecule has 0 amide bonds. The Morgan fingerprint density at radius 3 is 2.07 bits per heavy atom. The number of alkyl halides is 3. The van der Waals surface area contributed by atoms with Crippen LogP contribution in [0.2, 0.25) is 5.02 Å². The molecular weight excluding hydrogens is 403 g/mol. The number of aliphatic hydroxyl groups is 1. The smallest absolute Gasteiger partial charge is 0.419 e. The van der Waals surface area contributed by atoms with Gasteiger partial charge < -0.3 is 24.1 Å². The van der Waals surface area contributed by atoms with E-state index in [2.05, 4.69) is 4.98 Å². The highest BCUT2D eigenvalue weighted by atomic mass is 35.5. The van der Waals surface area contributed by atoms with Crippen LogP contribution in [-0.2, 0) is 6.18 Å². The topological polar surface area (TPSA) is 70.0 Å². The Labute approximate surface area is 164 Å². The molecule has 28 heavy (non-hydrogen) atoms. The highest BCUT2D eigenvalue weighted by molar-refractivity contribution is 6.32. The van der Waals surface area contributed by atoms with E-state index in [1.807, 2.05) is 0 Å². The molecule has 1 unspecified atom stereocenters.